The highest BCUT2D eigenvalue weighted by molar-refractivity contribution is 5.89. The summed E-state index contributed by atoms with van der Waals surface area (Å²) >= 11 is 0. The minimum absolute atomic E-state index is 0.312. The molecular weight excluding hydrogens is 375 g/mol. The Labute approximate surface area is 169 Å². The lowest BCUT2D eigenvalue weighted by molar-refractivity contribution is -0.0231. The van der Waals surface area contributed by atoms with E-state index in [2.05, 4.69) is 9.88 Å². The van der Waals surface area contributed by atoms with Crippen molar-refractivity contribution in [2.75, 3.05) is 20.2 Å². The molecule has 0 amide bonds. The number of fused-ring (bicyclic) bond motifs is 1. The molecule has 2 heterocycles. The van der Waals surface area contributed by atoms with Crippen LogP contribution in [0.2, 0.25) is 0 Å². The third-order valence-corrected chi connectivity index (χ3v) is 5.88. The third kappa shape index (κ3) is 4.57. The van der Waals surface area contributed by atoms with Crippen LogP contribution in [0.4, 0.5) is 4.39 Å². The second kappa shape index (κ2) is 8.47. The number of hydrogen-bond donors (Lipinski definition) is 1. The number of ether oxygens (including phenoxy) is 2. The Morgan fingerprint density at radius 2 is 2.03 bits per heavy atom. The molecule has 1 saturated carbocycles. The highest BCUT2D eigenvalue weighted by Gasteiger charge is 2.42. The van der Waals surface area contributed by atoms with Crippen LogP contribution < -0.4 is 4.74 Å². The Balaban J connectivity index is 1.38. The molecule has 4 atom stereocenters. The number of methoxy groups -OCH3 is 1. The molecule has 2 aliphatic rings. The van der Waals surface area contributed by atoms with Gasteiger partial charge in [0.2, 0.25) is 0 Å². The molecule has 1 aromatic heterocycles. The number of benzene rings is 1. The molecule has 0 spiro atoms. The van der Waals surface area contributed by atoms with Gasteiger partial charge in [0.25, 0.3) is 0 Å². The van der Waals surface area contributed by atoms with E-state index >= 15 is 0 Å². The van der Waals surface area contributed by atoms with Gasteiger partial charge in [-0.15, -0.1) is 0 Å². The van der Waals surface area contributed by atoms with Crippen molar-refractivity contribution in [3.05, 3.63) is 59.7 Å². The lowest BCUT2D eigenvalue weighted by atomic mass is 9.78. The Morgan fingerprint density at radius 1 is 1.24 bits per heavy atom. The van der Waals surface area contributed by atoms with Gasteiger partial charge in [-0.3, -0.25) is 9.88 Å². The van der Waals surface area contributed by atoms with Gasteiger partial charge in [0.05, 0.1) is 30.7 Å². The van der Waals surface area contributed by atoms with Gasteiger partial charge < -0.3 is 14.6 Å². The summed E-state index contributed by atoms with van der Waals surface area (Å²) in [5.74, 6) is 0.642. The van der Waals surface area contributed by atoms with E-state index in [1.165, 1.54) is 19.4 Å². The van der Waals surface area contributed by atoms with Gasteiger partial charge in [0, 0.05) is 19.6 Å². The topological polar surface area (TPSA) is 71.9 Å². The number of carbonyl (C=O) groups excluding carboxylic acids is 1. The SMILES string of the molecule is COC(=O)c1cccc(O[C@@H]2C[C@@H]3CN(Cc4ccc(F)cn4)C[C@@H]3C[C@H]2O)c1. The van der Waals surface area contributed by atoms with Crippen LogP contribution in [0.25, 0.3) is 0 Å². The molecule has 29 heavy (non-hydrogen) atoms. The van der Waals surface area contributed by atoms with Gasteiger partial charge >= 0.3 is 5.97 Å². The van der Waals surface area contributed by atoms with Gasteiger partial charge in [-0.1, -0.05) is 6.07 Å². The number of aliphatic hydroxyl groups excluding tert-OH is 1. The first-order valence-electron chi connectivity index (χ1n) is 9.87. The van der Waals surface area contributed by atoms with Gasteiger partial charge in [0.15, 0.2) is 0 Å². The van der Waals surface area contributed by atoms with Crippen LogP contribution in [-0.2, 0) is 11.3 Å². The highest BCUT2D eigenvalue weighted by atomic mass is 19.1. The molecule has 4 rings (SSSR count). The van der Waals surface area contributed by atoms with Crippen molar-refractivity contribution < 1.29 is 23.8 Å². The number of aliphatic hydroxyl groups is 1. The summed E-state index contributed by atoms with van der Waals surface area (Å²) in [5.41, 5.74) is 1.27. The zero-order valence-electron chi connectivity index (χ0n) is 16.3. The van der Waals surface area contributed by atoms with Crippen molar-refractivity contribution in [1.82, 2.24) is 9.88 Å². The van der Waals surface area contributed by atoms with Crippen LogP contribution >= 0.6 is 0 Å². The predicted octanol–water partition coefficient (Wildman–Crippen LogP) is 2.66. The molecule has 0 radical (unpaired) electrons. The number of hydrogen-bond acceptors (Lipinski definition) is 6. The van der Waals surface area contributed by atoms with E-state index in [1.807, 2.05) is 0 Å². The minimum atomic E-state index is -0.554. The average molecular weight is 400 g/mol. The second-order valence-electron chi connectivity index (χ2n) is 7.90. The molecule has 0 unspecified atom stereocenters. The molecule has 1 aliphatic carbocycles. The van der Waals surface area contributed by atoms with Crippen molar-refractivity contribution in [2.45, 2.75) is 31.6 Å². The molecule has 6 nitrogen and oxygen atoms in total. The molecular formula is C22H25FN2O4. The van der Waals surface area contributed by atoms with E-state index in [0.29, 0.717) is 36.1 Å². The molecule has 2 fully saturated rings. The summed E-state index contributed by atoms with van der Waals surface area (Å²) in [4.78, 5) is 18.2. The maximum absolute atomic E-state index is 13.1. The van der Waals surface area contributed by atoms with Gasteiger partial charge in [-0.05, 0) is 55.0 Å². The molecule has 1 aliphatic heterocycles. The number of likely N-dealkylation sites (tertiary alicyclic amines) is 1. The van der Waals surface area contributed by atoms with Crippen LogP contribution in [0.1, 0.15) is 28.9 Å². The summed E-state index contributed by atoms with van der Waals surface area (Å²) in [6, 6.07) is 9.99. The maximum atomic E-state index is 13.1. The smallest absolute Gasteiger partial charge is 0.337 e. The Kier molecular flexibility index (Phi) is 5.78. The van der Waals surface area contributed by atoms with E-state index in [0.717, 1.165) is 25.2 Å². The number of pyridine rings is 1. The van der Waals surface area contributed by atoms with E-state index in [-0.39, 0.29) is 11.9 Å². The van der Waals surface area contributed by atoms with Crippen molar-refractivity contribution >= 4 is 5.97 Å². The predicted molar refractivity (Wildman–Crippen MR) is 104 cm³/mol. The summed E-state index contributed by atoms with van der Waals surface area (Å²) < 4.78 is 23.9. The maximum Gasteiger partial charge on any atom is 0.337 e. The number of rotatable bonds is 5. The lowest BCUT2D eigenvalue weighted by Crippen LogP contribution is -2.42. The highest BCUT2D eigenvalue weighted by Crippen LogP contribution is 2.38. The molecule has 7 heteroatoms. The molecule has 1 N–H and O–H groups in total. The Morgan fingerprint density at radius 3 is 2.76 bits per heavy atom. The van der Waals surface area contributed by atoms with E-state index in [1.54, 1.807) is 30.3 Å². The second-order valence-corrected chi connectivity index (χ2v) is 7.90. The average Bonchev–Trinajstić information content (AvgIpc) is 3.10. The summed E-state index contributed by atoms with van der Waals surface area (Å²) in [6.07, 6.45) is 1.81. The lowest BCUT2D eigenvalue weighted by Gasteiger charge is -2.35. The Hall–Kier alpha value is -2.51. The van der Waals surface area contributed by atoms with Crippen molar-refractivity contribution in [3.8, 4) is 5.75 Å². The van der Waals surface area contributed by atoms with Crippen LogP contribution in [0.3, 0.4) is 0 Å². The minimum Gasteiger partial charge on any atom is -0.488 e. The number of aromatic nitrogens is 1. The fourth-order valence-corrected chi connectivity index (χ4v) is 4.46. The van der Waals surface area contributed by atoms with E-state index in [9.17, 15) is 14.3 Å². The van der Waals surface area contributed by atoms with Crippen LogP contribution in [0.15, 0.2) is 42.6 Å². The zero-order valence-corrected chi connectivity index (χ0v) is 16.3. The van der Waals surface area contributed by atoms with Crippen LogP contribution in [0.5, 0.6) is 5.75 Å². The number of carbonyl (C=O) groups is 1. The first-order valence-corrected chi connectivity index (χ1v) is 9.87. The van der Waals surface area contributed by atoms with Gasteiger partial charge in [0.1, 0.15) is 17.7 Å². The Bertz CT molecular complexity index is 860. The standard InChI is InChI=1S/C22H25FN2O4/c1-28-22(27)14-3-2-4-19(7-14)29-21-9-16-12-25(11-15(16)8-20(21)26)13-18-6-5-17(23)10-24-18/h2-7,10,15-16,20-21,26H,8-9,11-13H2,1H3/t15-,16+,20+,21+/m0/s1. The van der Waals surface area contributed by atoms with E-state index < -0.39 is 12.1 Å². The monoisotopic (exact) mass is 400 g/mol. The summed E-state index contributed by atoms with van der Waals surface area (Å²) in [7, 11) is 1.34. The summed E-state index contributed by atoms with van der Waals surface area (Å²) in [6.45, 7) is 2.47. The van der Waals surface area contributed by atoms with Gasteiger partial charge in [-0.25, -0.2) is 9.18 Å². The van der Waals surface area contributed by atoms with E-state index in [4.69, 9.17) is 9.47 Å². The first-order chi connectivity index (χ1) is 14.0. The zero-order chi connectivity index (χ0) is 20.4. The fourth-order valence-electron chi connectivity index (χ4n) is 4.46. The van der Waals surface area contributed by atoms with Crippen molar-refractivity contribution in [1.29, 1.82) is 0 Å². The number of esters is 1. The molecule has 2 aromatic rings. The van der Waals surface area contributed by atoms with Crippen molar-refractivity contribution in [2.24, 2.45) is 11.8 Å². The normalized spacial score (nSPS) is 26.7. The van der Waals surface area contributed by atoms with Crippen LogP contribution in [0, 0.1) is 17.7 Å². The number of nitrogens with zero attached hydrogens (tertiary/aromatic N) is 2. The van der Waals surface area contributed by atoms with Gasteiger partial charge in [-0.2, -0.15) is 0 Å². The fraction of sp³-hybridized carbons (Fsp3) is 0.455. The first kappa shape index (κ1) is 19.8. The summed E-state index contributed by atoms with van der Waals surface area (Å²) in [5, 5.41) is 10.6. The molecule has 1 saturated heterocycles. The van der Waals surface area contributed by atoms with Crippen molar-refractivity contribution in [3.63, 3.8) is 0 Å². The third-order valence-electron chi connectivity index (χ3n) is 5.88. The molecule has 1 aromatic carbocycles. The molecule has 0 bridgehead atoms. The quantitative estimate of drug-likeness (QED) is 0.778. The molecule has 154 valence electrons. The largest absolute Gasteiger partial charge is 0.488 e. The van der Waals surface area contributed by atoms with Crippen LogP contribution in [-0.4, -0.2) is 53.4 Å². The number of halogens is 1.